The SMILES string of the molecule is C.C.C.C.C.C[C@H](Cc1c(I)[nH]c2ccccc12)N(C)C.C[C@H](Cc1c[nH]c2c(I)cccc12)N(C)C.C[C@H](Cc1c[nH]c2cc(I)ccc12)N(C)C.C[C@H](Cc1c[nH]c2ccc(I)cc12)N(C)C.C[C@H](Cc1c[nH]c2cccc(I)c12)N(C)C.C[C@H](Cc1cccc(I)c1)N(C)C.C[C@H](Cc1ccccc1I)N(C)C.Cc1ccc(C[C@@H](C)N(C)C)c(I)c1.Cc1ccc(C[C@@H](C)N(C)C)cc1I. The summed E-state index contributed by atoms with van der Waals surface area (Å²) in [6, 6.07) is 70.5. The normalized spacial score (nSPS) is 13.0. The Balaban J connectivity index is 0.000000779. The highest BCUT2D eigenvalue weighted by Crippen LogP contribution is 2.31. The predicted molar refractivity (Wildman–Crippen MR) is 697 cm³/mol. The van der Waals surface area contributed by atoms with Gasteiger partial charge in [0.05, 0.1) is 9.22 Å². The van der Waals surface area contributed by atoms with Gasteiger partial charge in [-0.2, -0.15) is 0 Å². The Morgan fingerprint density at radius 3 is 1.14 bits per heavy atom. The molecule has 5 N–H and O–H groups in total. The molecule has 0 fully saturated rings. The number of nitrogens with one attached hydrogen (secondary N) is 5. The maximum absolute atomic E-state index is 3.44. The Hall–Kier alpha value is -3.11. The number of para-hydroxylation sites is 2. The quantitative estimate of drug-likeness (QED) is 0.0322. The number of halogens is 9. The summed E-state index contributed by atoms with van der Waals surface area (Å²) in [5.41, 5.74) is 21.8. The zero-order chi connectivity index (χ0) is 99.7. The second kappa shape index (κ2) is 67.8. The van der Waals surface area contributed by atoms with E-state index in [2.05, 4.69) is 682 Å². The zero-order valence-corrected chi connectivity index (χ0v) is 105. The summed E-state index contributed by atoms with van der Waals surface area (Å²) in [5.74, 6) is 0. The molecular weight excluding hydrogens is 2730 g/mol. The molecule has 0 aliphatic heterocycles. The van der Waals surface area contributed by atoms with Crippen LogP contribution in [0.25, 0.3) is 54.5 Å². The lowest BCUT2D eigenvalue weighted by Gasteiger charge is -2.20. The van der Waals surface area contributed by atoms with Crippen molar-refractivity contribution in [3.05, 3.63) is 300 Å². The number of hydrogen-bond donors (Lipinski definition) is 5. The van der Waals surface area contributed by atoms with Crippen molar-refractivity contribution in [2.45, 2.75) is 225 Å². The largest absolute Gasteiger partial charge is 0.361 e. The van der Waals surface area contributed by atoms with Crippen LogP contribution in [-0.4, -0.2) is 250 Å². The van der Waals surface area contributed by atoms with Crippen molar-refractivity contribution in [1.29, 1.82) is 0 Å². The number of rotatable bonds is 27. The van der Waals surface area contributed by atoms with Crippen molar-refractivity contribution in [1.82, 2.24) is 69.0 Å². The lowest BCUT2D eigenvalue weighted by atomic mass is 10.1. The monoisotopic (exact) mass is 2900 g/mol. The van der Waals surface area contributed by atoms with Gasteiger partial charge >= 0.3 is 0 Å². The maximum atomic E-state index is 3.44. The summed E-state index contributed by atoms with van der Waals surface area (Å²) in [6.07, 6.45) is 18.5. The van der Waals surface area contributed by atoms with Gasteiger partial charge < -0.3 is 69.0 Å². The van der Waals surface area contributed by atoms with Gasteiger partial charge in [0, 0.05) is 157 Å². The number of H-pyrrole nitrogens is 5. The highest BCUT2D eigenvalue weighted by molar-refractivity contribution is 14.1. The van der Waals surface area contributed by atoms with Crippen LogP contribution in [0.1, 0.15) is 161 Å². The number of aromatic amines is 5. The average Bonchev–Trinajstić information content (AvgIpc) is 1.89. The second-order valence-electron chi connectivity index (χ2n) is 38.0. The topological polar surface area (TPSA) is 108 Å². The van der Waals surface area contributed by atoms with Gasteiger partial charge in [-0.25, -0.2) is 0 Å². The zero-order valence-electron chi connectivity index (χ0n) is 85.1. The van der Waals surface area contributed by atoms with Crippen molar-refractivity contribution < 1.29 is 0 Å². The molecule has 0 aliphatic carbocycles. The molecule has 0 bridgehead atoms. The minimum atomic E-state index is 0. The van der Waals surface area contributed by atoms with Gasteiger partial charge in [0.2, 0.25) is 0 Å². The Morgan fingerprint density at radius 1 is 0.245 bits per heavy atom. The molecule has 23 heteroatoms. The highest BCUT2D eigenvalue weighted by atomic mass is 127. The number of likely N-dealkylation sites (N-methyl/N-ethyl adjacent to an activating group) is 9. The van der Waals surface area contributed by atoms with E-state index in [1.54, 1.807) is 0 Å². The van der Waals surface area contributed by atoms with Gasteiger partial charge in [0.25, 0.3) is 0 Å². The van der Waals surface area contributed by atoms with Crippen LogP contribution in [0.15, 0.2) is 207 Å². The van der Waals surface area contributed by atoms with E-state index in [1.807, 2.05) is 0 Å². The fourth-order valence-corrected chi connectivity index (χ4v) is 20.1. The molecule has 0 radical (unpaired) electrons. The fraction of sp³-hybridized carbons (Fsp3) is 0.448. The number of hydrogen-bond acceptors (Lipinski definition) is 9. The summed E-state index contributed by atoms with van der Waals surface area (Å²) in [4.78, 5) is 37.2. The van der Waals surface area contributed by atoms with Crippen molar-refractivity contribution >= 4 is 258 Å². The number of nitrogens with zero attached hydrogens (tertiary/aromatic N) is 9. The summed E-state index contributed by atoms with van der Waals surface area (Å²) < 4.78 is 11.9. The third-order valence-electron chi connectivity index (χ3n) is 25.6. The van der Waals surface area contributed by atoms with Crippen LogP contribution in [0.3, 0.4) is 0 Å². The van der Waals surface area contributed by atoms with E-state index in [-0.39, 0.29) is 37.1 Å². The van der Waals surface area contributed by atoms with Gasteiger partial charge in [-0.15, -0.1) is 0 Å². The molecule has 770 valence electrons. The van der Waals surface area contributed by atoms with Crippen molar-refractivity contribution in [3.8, 4) is 0 Å². The van der Waals surface area contributed by atoms with Crippen LogP contribution >= 0.6 is 203 Å². The first-order chi connectivity index (χ1) is 63.1. The first kappa shape index (κ1) is 134. The minimum absolute atomic E-state index is 0. The molecule has 0 saturated heterocycles. The second-order valence-corrected chi connectivity index (χ2v) is 48.6. The van der Waals surface area contributed by atoms with Gasteiger partial charge in [0.15, 0.2) is 0 Å². The van der Waals surface area contributed by atoms with E-state index in [9.17, 15) is 0 Å². The first-order valence-electron chi connectivity index (χ1n) is 46.4. The van der Waals surface area contributed by atoms with Crippen molar-refractivity contribution in [2.75, 3.05) is 127 Å². The van der Waals surface area contributed by atoms with Crippen LogP contribution in [0.4, 0.5) is 0 Å². The first-order valence-corrected chi connectivity index (χ1v) is 56.1. The molecule has 0 unspecified atom stereocenters. The summed E-state index contributed by atoms with van der Waals surface area (Å²) >= 11 is 21.5. The van der Waals surface area contributed by atoms with Crippen LogP contribution in [0.2, 0.25) is 0 Å². The summed E-state index contributed by atoms with van der Waals surface area (Å²) in [7, 11) is 38.3. The molecule has 5 heterocycles. The third-order valence-corrected chi connectivity index (χ3v) is 33.5. The lowest BCUT2D eigenvalue weighted by Crippen LogP contribution is -2.26. The molecule has 0 spiro atoms. The Kier molecular flexibility index (Phi) is 65.3. The number of aromatic nitrogens is 5. The van der Waals surface area contributed by atoms with E-state index in [0.717, 1.165) is 57.8 Å². The van der Waals surface area contributed by atoms with Gasteiger partial charge in [-0.1, -0.05) is 140 Å². The molecule has 14 aromatic rings. The molecule has 9 atom stereocenters. The van der Waals surface area contributed by atoms with Crippen molar-refractivity contribution in [2.24, 2.45) is 0 Å². The number of benzene rings is 9. The highest BCUT2D eigenvalue weighted by Gasteiger charge is 2.19. The van der Waals surface area contributed by atoms with Gasteiger partial charge in [0.1, 0.15) is 0 Å². The molecule has 14 rings (SSSR count). The molecule has 0 saturated carbocycles. The molecular formula is C116H173I9N14. The van der Waals surface area contributed by atoms with Crippen LogP contribution in [-0.2, 0) is 57.8 Å². The smallest absolute Gasteiger partial charge is 0.0815 e. The minimum Gasteiger partial charge on any atom is -0.361 e. The van der Waals surface area contributed by atoms with Crippen LogP contribution < -0.4 is 0 Å². The Morgan fingerprint density at radius 2 is 0.626 bits per heavy atom. The molecule has 0 aliphatic rings. The van der Waals surface area contributed by atoms with Gasteiger partial charge in [-0.3, -0.25) is 0 Å². The lowest BCUT2D eigenvalue weighted by molar-refractivity contribution is 0.312. The van der Waals surface area contributed by atoms with E-state index >= 15 is 0 Å². The standard InChI is InChI=1S/5C13H17IN2.2C12H18IN.2C11H16IN.5CH4/c1-9(16(2)3)6-10-8-15-13-5-4-11(14)7-12(10)13;1-9(16(2)3)6-10-8-15-13-7-11(14)4-5-12(10)13;1-9(16(2)3)7-10-8-15-12-6-4-5-11(14)13(10)12;1-9(16(2)3)7-10-8-15-13-11(10)5-4-6-12(13)14;1-9(16(2)3)8-11-10-6-4-5-7-12(10)15-13(11)14;1-9-5-6-11(8-12(9)13)7-10(2)14(3)4;1-9-5-6-11(12(13)7-9)8-10(2)14(3)4;1-9(13(2)3)7-10-5-4-6-11(12)8-10;1-9(13(2)3)8-10-6-4-5-7-11(10)12;;;;;/h2*4-5,7-9,15H,6H2,1-3H3;2*4-6,8-9,15H,7H2,1-3H3;4-7,9,15H,8H2,1-3H3;5-6,8,10H,7H2,1-4H3;5-7,10H,8H2,1-4H3;4-6,8-9H,7H2,1-3H3;4-7,9H,8H2,1-3H3;5*1H4/t5*9-;2*10-;2*9-;;;;;/m111111111...../s1. The van der Waals surface area contributed by atoms with E-state index < -0.39 is 0 Å². The Bertz CT molecular complexity index is 5780. The summed E-state index contributed by atoms with van der Waals surface area (Å²) in [6.45, 7) is 24.6. The van der Waals surface area contributed by atoms with Crippen molar-refractivity contribution in [3.63, 3.8) is 0 Å². The molecule has 139 heavy (non-hydrogen) atoms. The molecule has 0 amide bonds. The molecule has 9 aromatic carbocycles. The third kappa shape index (κ3) is 45.5. The van der Waals surface area contributed by atoms with Crippen LogP contribution in [0, 0.1) is 46.1 Å². The van der Waals surface area contributed by atoms with E-state index in [4.69, 9.17) is 0 Å². The maximum Gasteiger partial charge on any atom is 0.0815 e. The summed E-state index contributed by atoms with van der Waals surface area (Å²) in [5, 5.41) is 6.83. The number of fused-ring (bicyclic) bond motifs is 5. The molecule has 5 aromatic heterocycles. The predicted octanol–water partition coefficient (Wildman–Crippen LogP) is 31.3. The van der Waals surface area contributed by atoms with Gasteiger partial charge in [-0.05, 0) is 605 Å². The Labute approximate surface area is 967 Å². The molecule has 14 nitrogen and oxygen atoms in total. The van der Waals surface area contributed by atoms with E-state index in [1.165, 1.54) is 148 Å². The van der Waals surface area contributed by atoms with Crippen LogP contribution in [0.5, 0.6) is 0 Å². The average molecular weight is 2910 g/mol. The van der Waals surface area contributed by atoms with E-state index in [0.29, 0.717) is 54.4 Å². The number of aryl methyl sites for hydroxylation is 2. The fourth-order valence-electron chi connectivity index (χ4n) is 14.2.